The van der Waals surface area contributed by atoms with Crippen LogP contribution in [0.25, 0.3) is 0 Å². The summed E-state index contributed by atoms with van der Waals surface area (Å²) in [5.74, 6) is 0. The average Bonchev–Trinajstić information content (AvgIpc) is 2.34. The van der Waals surface area contributed by atoms with Gasteiger partial charge in [-0.2, -0.15) is 0 Å². The number of hydrogen-bond donors (Lipinski definition) is 2. The summed E-state index contributed by atoms with van der Waals surface area (Å²) in [7, 11) is 2.04. The number of aliphatic hydroxyl groups is 1. The molecule has 3 nitrogen and oxygen atoms in total. The highest BCUT2D eigenvalue weighted by Crippen LogP contribution is 2.17. The van der Waals surface area contributed by atoms with E-state index in [1.54, 1.807) is 0 Å². The third-order valence-corrected chi connectivity index (χ3v) is 2.26. The van der Waals surface area contributed by atoms with Gasteiger partial charge < -0.3 is 15.7 Å². The van der Waals surface area contributed by atoms with Gasteiger partial charge in [0.15, 0.2) is 0 Å². The molecule has 1 heterocycles. The third kappa shape index (κ3) is 1.48. The quantitative estimate of drug-likeness (QED) is 0.544. The van der Waals surface area contributed by atoms with Crippen LogP contribution in [0.15, 0.2) is 0 Å². The normalized spacial score (nSPS) is 30.9. The number of aliphatic hydroxyl groups excluding tert-OH is 1. The van der Waals surface area contributed by atoms with Gasteiger partial charge in [0.2, 0.25) is 0 Å². The average molecular weight is 144 g/mol. The lowest BCUT2D eigenvalue weighted by Crippen LogP contribution is -2.40. The number of rotatable bonds is 2. The number of likely N-dealkylation sites (tertiary alicyclic amines) is 1. The van der Waals surface area contributed by atoms with Crippen LogP contribution >= 0.6 is 0 Å². The zero-order valence-electron chi connectivity index (χ0n) is 6.45. The highest BCUT2D eigenvalue weighted by atomic mass is 16.3. The molecular formula is C7H16N2O. The van der Waals surface area contributed by atoms with Crippen LogP contribution in [0, 0.1) is 0 Å². The van der Waals surface area contributed by atoms with Crippen molar-refractivity contribution >= 4 is 0 Å². The lowest BCUT2D eigenvalue weighted by molar-refractivity contribution is 0.0924. The first-order valence-corrected chi connectivity index (χ1v) is 3.84. The van der Waals surface area contributed by atoms with E-state index in [4.69, 9.17) is 5.73 Å². The van der Waals surface area contributed by atoms with Crippen LogP contribution in [-0.4, -0.2) is 42.3 Å². The highest BCUT2D eigenvalue weighted by molar-refractivity contribution is 4.82. The summed E-state index contributed by atoms with van der Waals surface area (Å²) < 4.78 is 0. The molecule has 0 aromatic carbocycles. The molecule has 0 amide bonds. The molecule has 0 saturated carbocycles. The maximum atomic E-state index is 9.36. The van der Waals surface area contributed by atoms with Crippen molar-refractivity contribution in [1.29, 1.82) is 0 Å². The van der Waals surface area contributed by atoms with Crippen LogP contribution in [0.3, 0.4) is 0 Å². The Kier molecular flexibility index (Phi) is 2.65. The van der Waals surface area contributed by atoms with E-state index in [0.29, 0.717) is 12.6 Å². The number of nitrogens with zero attached hydrogens (tertiary/aromatic N) is 1. The minimum atomic E-state index is -0.326. The SMILES string of the molecule is CN1CCC[C@@H]1[C@H](O)CN. The van der Waals surface area contributed by atoms with Crippen molar-refractivity contribution < 1.29 is 5.11 Å². The zero-order chi connectivity index (χ0) is 7.56. The van der Waals surface area contributed by atoms with Gasteiger partial charge in [-0.05, 0) is 26.4 Å². The standard InChI is InChI=1S/C7H16N2O/c1-9-4-2-3-6(9)7(10)5-8/h6-7,10H,2-5,8H2,1H3/t6-,7-/m1/s1. The Morgan fingerprint density at radius 3 is 2.90 bits per heavy atom. The number of likely N-dealkylation sites (N-methyl/N-ethyl adjacent to an activating group) is 1. The fraction of sp³-hybridized carbons (Fsp3) is 1.00. The van der Waals surface area contributed by atoms with E-state index < -0.39 is 0 Å². The minimum Gasteiger partial charge on any atom is -0.390 e. The predicted octanol–water partition coefficient (Wildman–Crippen LogP) is -0.600. The van der Waals surface area contributed by atoms with E-state index in [2.05, 4.69) is 4.90 Å². The van der Waals surface area contributed by atoms with Crippen molar-refractivity contribution in [2.45, 2.75) is 25.0 Å². The molecule has 0 aromatic rings. The highest BCUT2D eigenvalue weighted by Gasteiger charge is 2.26. The smallest absolute Gasteiger partial charge is 0.0817 e. The number of hydrogen-bond acceptors (Lipinski definition) is 3. The van der Waals surface area contributed by atoms with Crippen molar-refractivity contribution in [3.63, 3.8) is 0 Å². The van der Waals surface area contributed by atoms with E-state index in [9.17, 15) is 5.11 Å². The van der Waals surface area contributed by atoms with Crippen LogP contribution in [0.5, 0.6) is 0 Å². The molecule has 3 heteroatoms. The first-order valence-electron chi connectivity index (χ1n) is 3.84. The summed E-state index contributed by atoms with van der Waals surface area (Å²) in [4.78, 5) is 2.18. The van der Waals surface area contributed by atoms with Crippen molar-refractivity contribution in [1.82, 2.24) is 4.90 Å². The van der Waals surface area contributed by atoms with Gasteiger partial charge in [0.1, 0.15) is 0 Å². The first kappa shape index (κ1) is 7.98. The summed E-state index contributed by atoms with van der Waals surface area (Å²) >= 11 is 0. The van der Waals surface area contributed by atoms with Crippen molar-refractivity contribution in [2.75, 3.05) is 20.1 Å². The molecule has 1 fully saturated rings. The molecular weight excluding hydrogens is 128 g/mol. The Labute approximate surface area is 61.8 Å². The second-order valence-corrected chi connectivity index (χ2v) is 2.99. The van der Waals surface area contributed by atoms with Crippen molar-refractivity contribution in [3.8, 4) is 0 Å². The molecule has 1 aliphatic heterocycles. The molecule has 1 rings (SSSR count). The topological polar surface area (TPSA) is 49.5 Å². The van der Waals surface area contributed by atoms with Crippen molar-refractivity contribution in [2.24, 2.45) is 5.73 Å². The van der Waals surface area contributed by atoms with Crippen LogP contribution in [-0.2, 0) is 0 Å². The summed E-state index contributed by atoms with van der Waals surface area (Å²) in [6, 6.07) is 0.310. The Morgan fingerprint density at radius 2 is 2.50 bits per heavy atom. The molecule has 0 radical (unpaired) electrons. The van der Waals surface area contributed by atoms with Gasteiger partial charge in [0.25, 0.3) is 0 Å². The molecule has 1 saturated heterocycles. The molecule has 10 heavy (non-hydrogen) atoms. The van der Waals surface area contributed by atoms with Gasteiger partial charge in [-0.15, -0.1) is 0 Å². The molecule has 0 aromatic heterocycles. The van der Waals surface area contributed by atoms with Gasteiger partial charge in [-0.25, -0.2) is 0 Å². The third-order valence-electron chi connectivity index (χ3n) is 2.26. The van der Waals surface area contributed by atoms with Crippen LogP contribution < -0.4 is 5.73 Å². The van der Waals surface area contributed by atoms with Gasteiger partial charge >= 0.3 is 0 Å². The van der Waals surface area contributed by atoms with E-state index in [1.165, 1.54) is 6.42 Å². The Bertz CT molecular complexity index is 108. The van der Waals surface area contributed by atoms with Gasteiger partial charge in [-0.3, -0.25) is 0 Å². The van der Waals surface area contributed by atoms with Crippen LogP contribution in [0.4, 0.5) is 0 Å². The molecule has 0 spiro atoms. The van der Waals surface area contributed by atoms with E-state index in [-0.39, 0.29) is 6.10 Å². The molecule has 3 N–H and O–H groups in total. The first-order chi connectivity index (χ1) is 4.75. The van der Waals surface area contributed by atoms with Crippen molar-refractivity contribution in [3.05, 3.63) is 0 Å². The van der Waals surface area contributed by atoms with Crippen LogP contribution in [0.2, 0.25) is 0 Å². The maximum Gasteiger partial charge on any atom is 0.0817 e. The van der Waals surface area contributed by atoms with Crippen LogP contribution in [0.1, 0.15) is 12.8 Å². The second kappa shape index (κ2) is 3.32. The van der Waals surface area contributed by atoms with Gasteiger partial charge in [0.05, 0.1) is 6.10 Å². The zero-order valence-corrected chi connectivity index (χ0v) is 6.45. The molecule has 60 valence electrons. The van der Waals surface area contributed by atoms with Gasteiger partial charge in [0, 0.05) is 12.6 Å². The lowest BCUT2D eigenvalue weighted by Gasteiger charge is -2.23. The fourth-order valence-electron chi connectivity index (χ4n) is 1.58. The second-order valence-electron chi connectivity index (χ2n) is 2.99. The number of nitrogens with two attached hydrogens (primary N) is 1. The molecule has 0 aliphatic carbocycles. The molecule has 1 aliphatic rings. The summed E-state index contributed by atoms with van der Waals surface area (Å²) in [6.07, 6.45) is 1.96. The molecule has 0 bridgehead atoms. The summed E-state index contributed by atoms with van der Waals surface area (Å²) in [5, 5.41) is 9.36. The summed E-state index contributed by atoms with van der Waals surface area (Å²) in [5.41, 5.74) is 5.34. The lowest BCUT2D eigenvalue weighted by atomic mass is 10.1. The predicted molar refractivity (Wildman–Crippen MR) is 40.7 cm³/mol. The Morgan fingerprint density at radius 1 is 1.80 bits per heavy atom. The Balaban J connectivity index is 2.38. The Hall–Kier alpha value is -0.120. The van der Waals surface area contributed by atoms with E-state index >= 15 is 0 Å². The molecule has 2 atom stereocenters. The largest absolute Gasteiger partial charge is 0.390 e. The van der Waals surface area contributed by atoms with E-state index in [1.807, 2.05) is 7.05 Å². The fourth-order valence-corrected chi connectivity index (χ4v) is 1.58. The van der Waals surface area contributed by atoms with Gasteiger partial charge in [-0.1, -0.05) is 0 Å². The van der Waals surface area contributed by atoms with E-state index in [0.717, 1.165) is 13.0 Å². The maximum absolute atomic E-state index is 9.36. The minimum absolute atomic E-state index is 0.310. The summed E-state index contributed by atoms with van der Waals surface area (Å²) in [6.45, 7) is 1.48. The molecule has 0 unspecified atom stereocenters. The monoisotopic (exact) mass is 144 g/mol.